The number of aromatic hydroxyl groups is 1. The Labute approximate surface area is 713 Å². The van der Waals surface area contributed by atoms with Gasteiger partial charge >= 0.3 is 0 Å². The van der Waals surface area contributed by atoms with Crippen molar-refractivity contribution in [1.29, 1.82) is 16.2 Å². The third-order valence-electron chi connectivity index (χ3n) is 19.5. The standard InChI is InChI=1S/C77H130N28O18/c1-38(2)30-51(93-43(10)107)64(114)94-47(14-11-25-89-74(81)82)62(112)101-55(34-45-36-88-37-92-45)67(117)100-54(33-44-17-19-46(108)20-18-44)66(116)98-52(31-39(3)4)65(115)102-56(35-58(79)110)68(118)99-53(32-40(5)6)69(119)103-59(41(7)8)71(121)104-60(42(9)106)72(122)97-48(15-12-26-90-75(83)84)61(111)96-50(21-22-57(78)109)63(113)95-49(16-13-27-91-76(85)86)70(120)105-77(73(80)123)23-28-87-29-24-77/h17-20,36-42,47-56,59-60,87,106,108H,11-16,21-35H2,1-10H3,(H2,78,109)(H2,79,110)(H2,80,123)(H,88,92)(H,93,107)(H,94,114)(H,95,113)(H,96,111)(H,97,122)(H,98,116)(H,99,118)(H,100,117)(H,101,112)(H,102,115)(H,103,119)(H,104,121)(H,105,120)(H4,81,82,89)(H4,83,84,90)(H4,85,86,91)/t42-,47+,48+,49+,50+,51+,52+,53+,54+,55+,56+,59+,60+/m1/s1. The van der Waals surface area contributed by atoms with E-state index in [1.165, 1.54) is 57.6 Å². The second kappa shape index (κ2) is 52.6. The molecule has 1 fully saturated rings. The highest BCUT2D eigenvalue weighted by atomic mass is 16.3. The maximum Gasteiger partial charge on any atom is 0.245 e. The number of aromatic amines is 1. The SMILES string of the molecule is CC(=O)N[C@@H](CC(C)C)C(=O)N[C@@H](CCCNC(=N)N)C(=O)N[C@@H](Cc1cnc[nH]1)C(=O)N[C@@H](Cc1ccc(O)cc1)C(=O)N[C@@H](CC(C)C)C(=O)N[C@@H](CC(N)=O)C(=O)N[C@@H](CC(C)C)C(=O)N[C@H](C(=O)N[C@H](C(=O)N[C@@H](CCCNC(=N)N)C(=O)N[C@@H](CCC(N)=O)C(=O)N[C@@H](CCCNC(=N)N)C(=O)NC1(C(N)=O)CCNCC1)[C@@H](C)O)C(C)C. The smallest absolute Gasteiger partial charge is 0.245 e. The number of hydrogen-bond acceptors (Lipinski definition) is 23. The van der Waals surface area contributed by atoms with Crippen LogP contribution in [-0.4, -0.2) is 249 Å². The Bertz CT molecular complexity index is 3930. The van der Waals surface area contributed by atoms with Gasteiger partial charge in [-0.15, -0.1) is 0 Å². The molecule has 1 aromatic heterocycles. The first-order valence-corrected chi connectivity index (χ1v) is 40.9. The fourth-order valence-electron chi connectivity index (χ4n) is 13.1. The molecule has 2 heterocycles. The molecule has 0 radical (unpaired) electrons. The Morgan fingerprint density at radius 2 is 0.797 bits per heavy atom. The number of phenols is 1. The average Bonchev–Trinajstić information content (AvgIpc) is 0.842. The van der Waals surface area contributed by atoms with Gasteiger partial charge in [0.1, 0.15) is 83.8 Å². The summed E-state index contributed by atoms with van der Waals surface area (Å²) in [6, 6.07) is -13.3. The van der Waals surface area contributed by atoms with Crippen LogP contribution < -0.4 is 125 Å². The van der Waals surface area contributed by atoms with Crippen LogP contribution in [0.4, 0.5) is 0 Å². The molecule has 0 saturated carbocycles. The molecule has 686 valence electrons. The molecule has 3 rings (SSSR count). The first-order valence-electron chi connectivity index (χ1n) is 40.9. The zero-order valence-corrected chi connectivity index (χ0v) is 71.5. The Kier molecular flexibility index (Phi) is 44.8. The molecule has 16 amide bonds. The molecular formula is C77H130N28O18. The summed E-state index contributed by atoms with van der Waals surface area (Å²) in [5.41, 5.74) is 32.6. The number of imidazole rings is 1. The summed E-state index contributed by atoms with van der Waals surface area (Å²) in [5, 5.41) is 88.5. The van der Waals surface area contributed by atoms with Crippen LogP contribution in [0.3, 0.4) is 0 Å². The summed E-state index contributed by atoms with van der Waals surface area (Å²) in [6.45, 7) is 16.4. The average molecular weight is 1740 g/mol. The van der Waals surface area contributed by atoms with Gasteiger partial charge < -0.3 is 140 Å². The number of aliphatic hydroxyl groups is 1. The Morgan fingerprint density at radius 3 is 1.19 bits per heavy atom. The molecule has 1 saturated heterocycles. The summed E-state index contributed by atoms with van der Waals surface area (Å²) in [7, 11) is 0. The minimum Gasteiger partial charge on any atom is -0.508 e. The van der Waals surface area contributed by atoms with Gasteiger partial charge in [-0.2, -0.15) is 0 Å². The molecule has 0 unspecified atom stereocenters. The largest absolute Gasteiger partial charge is 0.508 e. The van der Waals surface area contributed by atoms with Crippen molar-refractivity contribution >= 4 is 112 Å². The molecule has 0 bridgehead atoms. The maximum atomic E-state index is 14.9. The van der Waals surface area contributed by atoms with E-state index in [2.05, 4.69) is 100 Å². The molecule has 0 aliphatic carbocycles. The van der Waals surface area contributed by atoms with Crippen molar-refractivity contribution in [2.45, 2.75) is 256 Å². The van der Waals surface area contributed by atoms with E-state index >= 15 is 0 Å². The monoisotopic (exact) mass is 1740 g/mol. The number of carbonyl (C=O) groups excluding carboxylic acids is 16. The van der Waals surface area contributed by atoms with Crippen molar-refractivity contribution in [2.24, 2.45) is 58.1 Å². The van der Waals surface area contributed by atoms with Crippen molar-refractivity contribution in [3.8, 4) is 5.75 Å². The third kappa shape index (κ3) is 39.3. The van der Waals surface area contributed by atoms with Gasteiger partial charge in [0, 0.05) is 57.7 Å². The number of guanidine groups is 3. The minimum atomic E-state index is -1.92. The normalized spacial score (nSPS) is 15.5. The number of primary amides is 3. The van der Waals surface area contributed by atoms with E-state index in [1.807, 2.05) is 13.8 Å². The molecule has 1 aliphatic heterocycles. The number of piperidine rings is 1. The number of aliphatic hydroxyl groups excluding tert-OH is 1. The number of rotatable bonds is 55. The summed E-state index contributed by atoms with van der Waals surface area (Å²) in [5.74, 6) is -18.5. The minimum absolute atomic E-state index is 0.0177. The van der Waals surface area contributed by atoms with Crippen LogP contribution in [0.2, 0.25) is 0 Å². The number of amides is 16. The number of nitrogens with one attached hydrogen (secondary N) is 21. The van der Waals surface area contributed by atoms with E-state index in [0.717, 1.165) is 6.92 Å². The number of H-pyrrole nitrogens is 1. The van der Waals surface area contributed by atoms with Crippen molar-refractivity contribution < 1.29 is 86.9 Å². The lowest BCUT2D eigenvalue weighted by Gasteiger charge is -2.36. The van der Waals surface area contributed by atoms with Crippen molar-refractivity contribution in [2.75, 3.05) is 32.7 Å². The number of nitrogens with zero attached hydrogens (tertiary/aromatic N) is 1. The first kappa shape index (κ1) is 105. The molecule has 46 heteroatoms. The van der Waals surface area contributed by atoms with E-state index in [0.29, 0.717) is 24.3 Å². The number of nitrogens with two attached hydrogens (primary N) is 6. The predicted octanol–water partition coefficient (Wildman–Crippen LogP) is -7.43. The number of phenolic OH excluding ortho intramolecular Hbond substituents is 1. The van der Waals surface area contributed by atoms with Gasteiger partial charge in [0.05, 0.1) is 18.9 Å². The van der Waals surface area contributed by atoms with Crippen LogP contribution in [0.5, 0.6) is 5.75 Å². The molecule has 13 atom stereocenters. The maximum absolute atomic E-state index is 14.9. The van der Waals surface area contributed by atoms with Gasteiger partial charge in [0.15, 0.2) is 17.9 Å². The highest BCUT2D eigenvalue weighted by molar-refractivity contribution is 6.01. The van der Waals surface area contributed by atoms with Crippen LogP contribution >= 0.6 is 0 Å². The van der Waals surface area contributed by atoms with Gasteiger partial charge in [-0.3, -0.25) is 92.9 Å². The van der Waals surface area contributed by atoms with Crippen LogP contribution in [0.1, 0.15) is 170 Å². The second-order valence-electron chi connectivity index (χ2n) is 32.1. The summed E-state index contributed by atoms with van der Waals surface area (Å²) in [4.78, 5) is 231. The van der Waals surface area contributed by atoms with E-state index < -0.39 is 222 Å². The van der Waals surface area contributed by atoms with E-state index in [-0.39, 0.29) is 127 Å². The number of carbonyl (C=O) groups is 16. The summed E-state index contributed by atoms with van der Waals surface area (Å²) < 4.78 is 0. The van der Waals surface area contributed by atoms with E-state index in [1.54, 1.807) is 27.7 Å². The van der Waals surface area contributed by atoms with Gasteiger partial charge in [-0.25, -0.2) is 4.98 Å². The zero-order chi connectivity index (χ0) is 92.5. The molecule has 2 aromatic rings. The molecule has 46 nitrogen and oxygen atoms in total. The lowest BCUT2D eigenvalue weighted by Crippen LogP contribution is -2.65. The number of aromatic nitrogens is 2. The lowest BCUT2D eigenvalue weighted by molar-refractivity contribution is -0.138. The van der Waals surface area contributed by atoms with Crippen molar-refractivity contribution in [3.63, 3.8) is 0 Å². The van der Waals surface area contributed by atoms with Crippen LogP contribution in [0.25, 0.3) is 0 Å². The molecule has 1 aliphatic rings. The molecule has 123 heavy (non-hydrogen) atoms. The van der Waals surface area contributed by atoms with E-state index in [9.17, 15) is 86.9 Å². The molecular weight excluding hydrogens is 1610 g/mol. The Balaban J connectivity index is 2.00. The highest BCUT2D eigenvalue weighted by Gasteiger charge is 2.43. The Morgan fingerprint density at radius 1 is 0.439 bits per heavy atom. The first-order chi connectivity index (χ1) is 57.7. The zero-order valence-electron chi connectivity index (χ0n) is 71.5. The van der Waals surface area contributed by atoms with Crippen molar-refractivity contribution in [1.82, 2.24) is 100 Å². The Hall–Kier alpha value is -12.5. The van der Waals surface area contributed by atoms with Crippen LogP contribution in [0.15, 0.2) is 36.8 Å². The van der Waals surface area contributed by atoms with Gasteiger partial charge in [-0.1, -0.05) is 67.5 Å². The number of benzene rings is 1. The summed E-state index contributed by atoms with van der Waals surface area (Å²) in [6.07, 6.45) is -1.71. The highest BCUT2D eigenvalue weighted by Crippen LogP contribution is 2.21. The lowest BCUT2D eigenvalue weighted by atomic mass is 9.87. The van der Waals surface area contributed by atoms with E-state index in [4.69, 9.17) is 50.6 Å². The van der Waals surface area contributed by atoms with Gasteiger partial charge in [-0.05, 0) is 138 Å². The van der Waals surface area contributed by atoms with Gasteiger partial charge in [0.2, 0.25) is 94.5 Å². The van der Waals surface area contributed by atoms with Crippen LogP contribution in [-0.2, 0) is 89.6 Å². The summed E-state index contributed by atoms with van der Waals surface area (Å²) >= 11 is 0. The number of hydrogen-bond donors (Lipinski definition) is 29. The second-order valence-corrected chi connectivity index (χ2v) is 32.1. The van der Waals surface area contributed by atoms with Gasteiger partial charge in [0.25, 0.3) is 0 Å². The van der Waals surface area contributed by atoms with Crippen molar-refractivity contribution in [3.05, 3.63) is 48.0 Å². The molecule has 0 spiro atoms. The predicted molar refractivity (Wildman–Crippen MR) is 450 cm³/mol. The third-order valence-corrected chi connectivity index (χ3v) is 19.5. The van der Waals surface area contributed by atoms with Crippen LogP contribution in [0, 0.1) is 39.9 Å². The molecule has 1 aromatic carbocycles. The fourth-order valence-corrected chi connectivity index (χ4v) is 13.1. The fraction of sp³-hybridized carbons (Fsp3) is 0.636. The quantitative estimate of drug-likeness (QED) is 0.0166. The molecule has 35 N–H and O–H groups in total. The topological polar surface area (TPSA) is 774 Å².